The Hall–Kier alpha value is -1.81. The van der Waals surface area contributed by atoms with Crippen LogP contribution < -0.4 is 5.73 Å². The zero-order valence-electron chi connectivity index (χ0n) is 10.5. The van der Waals surface area contributed by atoms with E-state index in [0.717, 1.165) is 17.8 Å². The van der Waals surface area contributed by atoms with Crippen molar-refractivity contribution in [2.75, 3.05) is 25.9 Å². The Kier molecular flexibility index (Phi) is 2.80. The number of nitrogen functional groups attached to an aromatic ring is 1. The molecule has 4 nitrogen and oxygen atoms in total. The number of nitrogens with zero attached hydrogens (tertiary/aromatic N) is 2. The summed E-state index contributed by atoms with van der Waals surface area (Å²) in [5.74, 6) is 0.982. The van der Waals surface area contributed by atoms with Gasteiger partial charge in [-0.3, -0.25) is 0 Å². The summed E-state index contributed by atoms with van der Waals surface area (Å²) in [4.78, 5) is 2.37. The maximum Gasteiger partial charge on any atom is 0.222 e. The van der Waals surface area contributed by atoms with E-state index in [1.807, 2.05) is 6.07 Å². The largest absolute Gasteiger partial charge is 0.368 e. The molecule has 1 atom stereocenters. The van der Waals surface area contributed by atoms with Gasteiger partial charge in [0.05, 0.1) is 0 Å². The lowest BCUT2D eigenvalue weighted by Gasteiger charge is -2.11. The Morgan fingerprint density at radius 2 is 2.28 bits per heavy atom. The predicted molar refractivity (Wildman–Crippen MR) is 71.2 cm³/mol. The van der Waals surface area contributed by atoms with Gasteiger partial charge in [-0.05, 0) is 37.6 Å². The van der Waals surface area contributed by atoms with Gasteiger partial charge in [-0.2, -0.15) is 0 Å². The zero-order valence-corrected chi connectivity index (χ0v) is 10.5. The van der Waals surface area contributed by atoms with Crippen LogP contribution in [0.25, 0.3) is 11.3 Å². The standard InChI is InChI=1S/C14H17N3O/c1-17-6-5-12(9-17)10-3-2-4-11(7-10)13-8-14(15)18-16-13/h2-4,7-8,12H,5-6,9,15H2,1H3. The molecular formula is C14H17N3O. The minimum Gasteiger partial charge on any atom is -0.368 e. The molecule has 94 valence electrons. The minimum atomic E-state index is 0.357. The van der Waals surface area contributed by atoms with Crippen molar-refractivity contribution in [3.8, 4) is 11.3 Å². The molecule has 0 aliphatic carbocycles. The summed E-state index contributed by atoms with van der Waals surface area (Å²) in [6.07, 6.45) is 1.22. The number of likely N-dealkylation sites (tertiary alicyclic amines) is 1. The van der Waals surface area contributed by atoms with Crippen molar-refractivity contribution < 1.29 is 4.52 Å². The van der Waals surface area contributed by atoms with E-state index in [4.69, 9.17) is 10.3 Å². The van der Waals surface area contributed by atoms with Crippen molar-refractivity contribution in [2.24, 2.45) is 0 Å². The number of likely N-dealkylation sites (N-methyl/N-ethyl adjacent to an activating group) is 1. The third kappa shape index (κ3) is 2.11. The van der Waals surface area contributed by atoms with Crippen LogP contribution in [-0.4, -0.2) is 30.2 Å². The van der Waals surface area contributed by atoms with E-state index in [-0.39, 0.29) is 0 Å². The highest BCUT2D eigenvalue weighted by molar-refractivity contribution is 5.62. The normalized spacial score (nSPS) is 20.4. The smallest absolute Gasteiger partial charge is 0.222 e. The van der Waals surface area contributed by atoms with E-state index in [1.54, 1.807) is 6.07 Å². The molecule has 4 heteroatoms. The van der Waals surface area contributed by atoms with Crippen molar-refractivity contribution in [3.63, 3.8) is 0 Å². The summed E-state index contributed by atoms with van der Waals surface area (Å²) in [6.45, 7) is 2.30. The molecule has 2 heterocycles. The first-order chi connectivity index (χ1) is 8.72. The van der Waals surface area contributed by atoms with Gasteiger partial charge >= 0.3 is 0 Å². The molecule has 18 heavy (non-hydrogen) atoms. The summed E-state index contributed by atoms with van der Waals surface area (Å²) in [7, 11) is 2.17. The van der Waals surface area contributed by atoms with Crippen LogP contribution in [0.4, 0.5) is 5.88 Å². The van der Waals surface area contributed by atoms with E-state index in [0.29, 0.717) is 11.8 Å². The first-order valence-corrected chi connectivity index (χ1v) is 6.23. The molecule has 0 spiro atoms. The van der Waals surface area contributed by atoms with Crippen LogP contribution in [-0.2, 0) is 0 Å². The Balaban J connectivity index is 1.89. The highest BCUT2D eigenvalue weighted by Crippen LogP contribution is 2.29. The van der Waals surface area contributed by atoms with Crippen LogP contribution in [0.1, 0.15) is 17.9 Å². The summed E-state index contributed by atoms with van der Waals surface area (Å²) in [6, 6.07) is 10.3. The topological polar surface area (TPSA) is 55.3 Å². The summed E-state index contributed by atoms with van der Waals surface area (Å²) in [5.41, 5.74) is 8.81. The molecule has 2 aromatic rings. The third-order valence-electron chi connectivity index (χ3n) is 3.57. The Morgan fingerprint density at radius 1 is 1.39 bits per heavy atom. The molecular weight excluding hydrogens is 226 g/mol. The van der Waals surface area contributed by atoms with Crippen molar-refractivity contribution in [1.29, 1.82) is 0 Å². The summed E-state index contributed by atoms with van der Waals surface area (Å²) >= 11 is 0. The lowest BCUT2D eigenvalue weighted by Crippen LogP contribution is -2.13. The Labute approximate surface area is 106 Å². The molecule has 0 saturated carbocycles. The van der Waals surface area contributed by atoms with E-state index in [2.05, 4.69) is 35.3 Å². The van der Waals surface area contributed by atoms with Gasteiger partial charge in [0, 0.05) is 18.2 Å². The Bertz CT molecular complexity index is 549. The van der Waals surface area contributed by atoms with Gasteiger partial charge in [0.15, 0.2) is 0 Å². The predicted octanol–water partition coefficient (Wildman–Crippen LogP) is 2.34. The summed E-state index contributed by atoms with van der Waals surface area (Å²) < 4.78 is 4.92. The molecule has 1 fully saturated rings. The van der Waals surface area contributed by atoms with Gasteiger partial charge in [-0.1, -0.05) is 23.4 Å². The molecule has 1 aliphatic heterocycles. The molecule has 1 unspecified atom stereocenters. The molecule has 1 aromatic carbocycles. The molecule has 0 bridgehead atoms. The number of rotatable bonds is 2. The van der Waals surface area contributed by atoms with Crippen molar-refractivity contribution in [3.05, 3.63) is 35.9 Å². The Morgan fingerprint density at radius 3 is 2.94 bits per heavy atom. The number of hydrogen-bond acceptors (Lipinski definition) is 4. The quantitative estimate of drug-likeness (QED) is 0.879. The van der Waals surface area contributed by atoms with Crippen LogP contribution in [0.3, 0.4) is 0 Å². The first-order valence-electron chi connectivity index (χ1n) is 6.23. The molecule has 0 amide bonds. The fraction of sp³-hybridized carbons (Fsp3) is 0.357. The molecule has 1 saturated heterocycles. The fourth-order valence-corrected chi connectivity index (χ4v) is 2.58. The van der Waals surface area contributed by atoms with Crippen molar-refractivity contribution in [1.82, 2.24) is 10.1 Å². The van der Waals surface area contributed by atoms with Gasteiger partial charge < -0.3 is 15.2 Å². The third-order valence-corrected chi connectivity index (χ3v) is 3.57. The fourth-order valence-electron chi connectivity index (χ4n) is 2.58. The van der Waals surface area contributed by atoms with Crippen LogP contribution in [0, 0.1) is 0 Å². The second-order valence-corrected chi connectivity index (χ2v) is 4.99. The number of benzene rings is 1. The van der Waals surface area contributed by atoms with Crippen LogP contribution in [0.5, 0.6) is 0 Å². The highest BCUT2D eigenvalue weighted by Gasteiger charge is 2.21. The number of anilines is 1. The average Bonchev–Trinajstić information content (AvgIpc) is 2.98. The summed E-state index contributed by atoms with van der Waals surface area (Å²) in [5, 5.41) is 3.96. The zero-order chi connectivity index (χ0) is 12.5. The van der Waals surface area contributed by atoms with Crippen LogP contribution >= 0.6 is 0 Å². The van der Waals surface area contributed by atoms with E-state index < -0.39 is 0 Å². The maximum absolute atomic E-state index is 5.56. The van der Waals surface area contributed by atoms with Gasteiger partial charge in [0.1, 0.15) is 5.69 Å². The molecule has 0 radical (unpaired) electrons. The highest BCUT2D eigenvalue weighted by atomic mass is 16.5. The minimum absolute atomic E-state index is 0.357. The number of aromatic nitrogens is 1. The SMILES string of the molecule is CN1CCC(c2cccc(-c3cc(N)on3)c2)C1. The van der Waals surface area contributed by atoms with E-state index in [1.165, 1.54) is 18.5 Å². The molecule has 3 rings (SSSR count). The second-order valence-electron chi connectivity index (χ2n) is 4.99. The average molecular weight is 243 g/mol. The maximum atomic E-state index is 5.56. The molecule has 1 aliphatic rings. The van der Waals surface area contributed by atoms with Gasteiger partial charge in [0.25, 0.3) is 0 Å². The van der Waals surface area contributed by atoms with Crippen LogP contribution in [0.15, 0.2) is 34.9 Å². The second kappa shape index (κ2) is 4.46. The van der Waals surface area contributed by atoms with E-state index >= 15 is 0 Å². The number of hydrogen-bond donors (Lipinski definition) is 1. The lowest BCUT2D eigenvalue weighted by molar-refractivity contribution is 0.411. The van der Waals surface area contributed by atoms with Gasteiger partial charge in [0.2, 0.25) is 5.88 Å². The molecule has 2 N–H and O–H groups in total. The van der Waals surface area contributed by atoms with E-state index in [9.17, 15) is 0 Å². The lowest BCUT2D eigenvalue weighted by atomic mass is 9.96. The van der Waals surface area contributed by atoms with Crippen LogP contribution in [0.2, 0.25) is 0 Å². The molecule has 1 aromatic heterocycles. The first kappa shape index (κ1) is 11.3. The van der Waals surface area contributed by atoms with Gasteiger partial charge in [-0.25, -0.2) is 0 Å². The van der Waals surface area contributed by atoms with Crippen molar-refractivity contribution in [2.45, 2.75) is 12.3 Å². The monoisotopic (exact) mass is 243 g/mol. The van der Waals surface area contributed by atoms with Gasteiger partial charge in [-0.15, -0.1) is 0 Å². The number of nitrogens with two attached hydrogens (primary N) is 1. The van der Waals surface area contributed by atoms with Crippen molar-refractivity contribution >= 4 is 5.88 Å².